The lowest BCUT2D eigenvalue weighted by molar-refractivity contribution is -0.742. The van der Waals surface area contributed by atoms with Crippen molar-refractivity contribution in [3.05, 3.63) is 10.1 Å². The second-order valence-corrected chi connectivity index (χ2v) is 6.09. The third kappa shape index (κ3) is 6.46. The summed E-state index contributed by atoms with van der Waals surface area (Å²) in [7, 11) is 0. The van der Waals surface area contributed by atoms with Crippen molar-refractivity contribution < 1.29 is 20.1 Å². The first-order chi connectivity index (χ1) is 10.6. The van der Waals surface area contributed by atoms with Crippen molar-refractivity contribution in [2.45, 2.75) is 64.0 Å². The van der Waals surface area contributed by atoms with Crippen LogP contribution in [0.3, 0.4) is 0 Å². The summed E-state index contributed by atoms with van der Waals surface area (Å²) in [6, 6.07) is 1.29. The van der Waals surface area contributed by atoms with E-state index in [1.54, 1.807) is 0 Å². The molecule has 2 unspecified atom stereocenters. The van der Waals surface area contributed by atoms with Crippen LogP contribution in [0.5, 0.6) is 0 Å². The zero-order valence-corrected chi connectivity index (χ0v) is 13.5. The van der Waals surface area contributed by atoms with E-state index in [0.717, 1.165) is 38.5 Å². The van der Waals surface area contributed by atoms with E-state index in [2.05, 4.69) is 11.8 Å². The van der Waals surface area contributed by atoms with E-state index < -0.39 is 5.09 Å². The zero-order chi connectivity index (χ0) is 16.4. The van der Waals surface area contributed by atoms with Gasteiger partial charge in [0.1, 0.15) is 0 Å². The lowest BCUT2D eigenvalue weighted by Gasteiger charge is -2.43. The number of hydrogen-bond acceptors (Lipinski definition) is 5. The number of hydrogen-bond donors (Lipinski definition) is 2. The number of rotatable bonds is 6. The average Bonchev–Trinajstić information content (AvgIpc) is 3.02. The maximum atomic E-state index is 9.04. The zero-order valence-electron chi connectivity index (χ0n) is 13.5. The van der Waals surface area contributed by atoms with Gasteiger partial charge in [0, 0.05) is 25.2 Å². The van der Waals surface area contributed by atoms with Crippen LogP contribution in [0.4, 0.5) is 0 Å². The summed E-state index contributed by atoms with van der Waals surface area (Å²) in [6.07, 6.45) is 8.86. The monoisotopic (exact) mass is 318 g/mol. The van der Waals surface area contributed by atoms with Crippen LogP contribution < -0.4 is 0 Å². The molecule has 1 aliphatic heterocycles. The predicted octanol–water partition coefficient (Wildman–Crippen LogP) is 2.08. The SMILES string of the molecule is CCC(CCCO)N1CCOCC1C1CCCC1.O=[N+]([O-])O. The van der Waals surface area contributed by atoms with Gasteiger partial charge in [-0.25, -0.2) is 0 Å². The molecule has 7 heteroatoms. The highest BCUT2D eigenvalue weighted by atomic mass is 16.9. The Morgan fingerprint density at radius 1 is 1.41 bits per heavy atom. The van der Waals surface area contributed by atoms with Crippen molar-refractivity contribution in [1.29, 1.82) is 0 Å². The Morgan fingerprint density at radius 3 is 2.59 bits per heavy atom. The maximum Gasteiger partial charge on any atom is 0.291 e. The molecule has 0 bridgehead atoms. The summed E-state index contributed by atoms with van der Waals surface area (Å²) < 4.78 is 5.73. The van der Waals surface area contributed by atoms with Crippen LogP contribution in [-0.2, 0) is 4.74 Å². The van der Waals surface area contributed by atoms with Crippen molar-refractivity contribution in [3.63, 3.8) is 0 Å². The van der Waals surface area contributed by atoms with Crippen molar-refractivity contribution in [2.75, 3.05) is 26.4 Å². The lowest BCUT2D eigenvalue weighted by atomic mass is 9.93. The molecule has 7 nitrogen and oxygen atoms in total. The van der Waals surface area contributed by atoms with E-state index in [0.29, 0.717) is 18.7 Å². The molecule has 2 fully saturated rings. The highest BCUT2D eigenvalue weighted by Gasteiger charge is 2.35. The van der Waals surface area contributed by atoms with Gasteiger partial charge < -0.3 is 15.1 Å². The predicted molar refractivity (Wildman–Crippen MR) is 82.5 cm³/mol. The van der Waals surface area contributed by atoms with Crippen molar-refractivity contribution in [3.8, 4) is 0 Å². The molecule has 1 saturated heterocycles. The molecule has 0 aromatic heterocycles. The van der Waals surface area contributed by atoms with Gasteiger partial charge in [0.2, 0.25) is 0 Å². The van der Waals surface area contributed by atoms with Crippen molar-refractivity contribution >= 4 is 0 Å². The van der Waals surface area contributed by atoms with Gasteiger partial charge in [-0.05, 0) is 38.0 Å². The third-order valence-corrected chi connectivity index (χ3v) is 4.79. The summed E-state index contributed by atoms with van der Waals surface area (Å²) in [5.74, 6) is 0.855. The van der Waals surface area contributed by atoms with Gasteiger partial charge in [-0.1, -0.05) is 19.8 Å². The molecule has 22 heavy (non-hydrogen) atoms. The van der Waals surface area contributed by atoms with E-state index in [9.17, 15) is 0 Å². The van der Waals surface area contributed by atoms with E-state index in [1.807, 2.05) is 0 Å². The van der Waals surface area contributed by atoms with Gasteiger partial charge in [0.25, 0.3) is 5.09 Å². The Kier molecular flexibility index (Phi) is 9.34. The smallest absolute Gasteiger partial charge is 0.291 e. The highest BCUT2D eigenvalue weighted by molar-refractivity contribution is 4.88. The van der Waals surface area contributed by atoms with Crippen LogP contribution in [0.15, 0.2) is 0 Å². The Balaban J connectivity index is 0.000000541. The molecule has 2 aliphatic rings. The van der Waals surface area contributed by atoms with Crippen LogP contribution in [0, 0.1) is 16.0 Å². The first-order valence-electron chi connectivity index (χ1n) is 8.37. The van der Waals surface area contributed by atoms with Crippen LogP contribution in [0.25, 0.3) is 0 Å². The largest absolute Gasteiger partial charge is 0.396 e. The van der Waals surface area contributed by atoms with E-state index in [-0.39, 0.29) is 0 Å². The molecular formula is C15H30N2O5. The molecule has 1 heterocycles. The molecule has 2 rings (SSSR count). The standard InChI is InChI=1S/C15H29NO2.HNO3/c1-2-14(8-5-10-17)16-9-11-18-12-15(16)13-6-3-4-7-13;2-1(3)4/h13-15,17H,2-12H2,1H3;(H,2,3,4). The minimum Gasteiger partial charge on any atom is -0.396 e. The van der Waals surface area contributed by atoms with Gasteiger partial charge in [-0.2, -0.15) is 0 Å². The topological polar surface area (TPSA) is 96.1 Å². The van der Waals surface area contributed by atoms with Gasteiger partial charge in [0.15, 0.2) is 0 Å². The summed E-state index contributed by atoms with van der Waals surface area (Å²) in [6.45, 7) is 5.52. The van der Waals surface area contributed by atoms with Crippen molar-refractivity contribution in [1.82, 2.24) is 4.90 Å². The van der Waals surface area contributed by atoms with Crippen LogP contribution in [0.1, 0.15) is 51.9 Å². The van der Waals surface area contributed by atoms with Crippen LogP contribution in [-0.4, -0.2) is 58.7 Å². The third-order valence-electron chi connectivity index (χ3n) is 4.79. The minimum atomic E-state index is -1.50. The molecule has 0 aromatic rings. The average molecular weight is 318 g/mol. The molecule has 0 aromatic carbocycles. The Bertz CT molecular complexity index is 306. The Morgan fingerprint density at radius 2 is 2.05 bits per heavy atom. The van der Waals surface area contributed by atoms with E-state index in [4.69, 9.17) is 25.2 Å². The quantitative estimate of drug-likeness (QED) is 0.575. The highest BCUT2D eigenvalue weighted by Crippen LogP contribution is 2.33. The molecule has 1 saturated carbocycles. The fourth-order valence-corrected chi connectivity index (χ4v) is 3.77. The molecule has 130 valence electrons. The van der Waals surface area contributed by atoms with Gasteiger partial charge >= 0.3 is 0 Å². The molecule has 0 spiro atoms. The summed E-state index contributed by atoms with van der Waals surface area (Å²) in [5, 5.41) is 22.7. The molecule has 0 amide bonds. The first-order valence-corrected chi connectivity index (χ1v) is 8.37. The fraction of sp³-hybridized carbons (Fsp3) is 1.00. The normalized spacial score (nSPS) is 24.5. The maximum absolute atomic E-state index is 9.04. The second-order valence-electron chi connectivity index (χ2n) is 6.09. The Hall–Kier alpha value is -0.920. The van der Waals surface area contributed by atoms with E-state index in [1.165, 1.54) is 32.1 Å². The summed E-state index contributed by atoms with van der Waals surface area (Å²) in [4.78, 5) is 11.1. The molecule has 2 N–H and O–H groups in total. The number of ether oxygens (including phenoxy) is 1. The number of nitrogens with zero attached hydrogens (tertiary/aromatic N) is 2. The number of aliphatic hydroxyl groups is 1. The minimum absolute atomic E-state index is 0.328. The first kappa shape index (κ1) is 19.1. The molecule has 0 radical (unpaired) electrons. The van der Waals surface area contributed by atoms with Gasteiger partial charge in [0.05, 0.1) is 13.2 Å². The molecule has 1 aliphatic carbocycles. The number of aliphatic hydroxyl groups excluding tert-OH is 1. The van der Waals surface area contributed by atoms with Crippen molar-refractivity contribution in [2.24, 2.45) is 5.92 Å². The fourth-order valence-electron chi connectivity index (χ4n) is 3.77. The number of morpholine rings is 1. The van der Waals surface area contributed by atoms with Gasteiger partial charge in [-0.3, -0.25) is 4.90 Å². The summed E-state index contributed by atoms with van der Waals surface area (Å²) >= 11 is 0. The lowest BCUT2D eigenvalue weighted by Crippen LogP contribution is -2.53. The van der Waals surface area contributed by atoms with Crippen LogP contribution in [0.2, 0.25) is 0 Å². The molecular weight excluding hydrogens is 288 g/mol. The van der Waals surface area contributed by atoms with Crippen LogP contribution >= 0.6 is 0 Å². The Labute approximate surface area is 132 Å². The van der Waals surface area contributed by atoms with Gasteiger partial charge in [-0.15, -0.1) is 10.1 Å². The molecule has 2 atom stereocenters. The second kappa shape index (κ2) is 10.7. The van der Waals surface area contributed by atoms with E-state index >= 15 is 0 Å². The summed E-state index contributed by atoms with van der Waals surface area (Å²) in [5.41, 5.74) is 0.